The lowest BCUT2D eigenvalue weighted by molar-refractivity contribution is 0.114. The van der Waals surface area contributed by atoms with Gasteiger partial charge in [0.2, 0.25) is 0 Å². The van der Waals surface area contributed by atoms with Crippen LogP contribution in [0, 0.1) is 17.8 Å². The summed E-state index contributed by atoms with van der Waals surface area (Å²) in [5.74, 6) is 3.30. The third-order valence-corrected chi connectivity index (χ3v) is 3.93. The van der Waals surface area contributed by atoms with Crippen molar-refractivity contribution in [2.45, 2.75) is 51.9 Å². The number of hydrogen-bond donors (Lipinski definition) is 0. The first-order chi connectivity index (χ1) is 5.38. The summed E-state index contributed by atoms with van der Waals surface area (Å²) in [4.78, 5) is 0. The maximum atomic E-state index is 2.47. The summed E-state index contributed by atoms with van der Waals surface area (Å²) in [7, 11) is 0. The topological polar surface area (TPSA) is 0 Å². The van der Waals surface area contributed by atoms with Crippen molar-refractivity contribution >= 4 is 0 Å². The average molecular weight is 152 g/mol. The molecule has 2 rings (SSSR count). The van der Waals surface area contributed by atoms with E-state index in [0.717, 1.165) is 17.8 Å². The summed E-state index contributed by atoms with van der Waals surface area (Å²) in [5, 5.41) is 0. The minimum atomic E-state index is 1.05. The molecule has 0 aromatic heterocycles. The molecule has 2 aliphatic rings. The van der Waals surface area contributed by atoms with E-state index in [4.69, 9.17) is 0 Å². The first-order valence-electron chi connectivity index (χ1n) is 5.38. The zero-order valence-electron chi connectivity index (χ0n) is 7.68. The van der Waals surface area contributed by atoms with Gasteiger partial charge in [0.1, 0.15) is 0 Å². The van der Waals surface area contributed by atoms with Gasteiger partial charge in [-0.05, 0) is 24.2 Å². The Morgan fingerprint density at radius 1 is 0.818 bits per heavy atom. The molecule has 3 atom stereocenters. The van der Waals surface area contributed by atoms with Crippen molar-refractivity contribution in [2.75, 3.05) is 0 Å². The SMILES string of the molecule is CC1CCC[C@H]2CCCC[C@@H]12. The summed E-state index contributed by atoms with van der Waals surface area (Å²) in [6, 6.07) is 0. The van der Waals surface area contributed by atoms with E-state index in [1.165, 1.54) is 25.7 Å². The van der Waals surface area contributed by atoms with Gasteiger partial charge in [-0.15, -0.1) is 0 Å². The highest BCUT2D eigenvalue weighted by atomic mass is 14.4. The van der Waals surface area contributed by atoms with Crippen LogP contribution in [0.4, 0.5) is 0 Å². The first kappa shape index (κ1) is 7.64. The van der Waals surface area contributed by atoms with E-state index in [2.05, 4.69) is 6.92 Å². The van der Waals surface area contributed by atoms with Crippen LogP contribution in [0.3, 0.4) is 0 Å². The molecule has 0 aromatic carbocycles. The predicted octanol–water partition coefficient (Wildman–Crippen LogP) is 3.61. The molecule has 0 spiro atoms. The van der Waals surface area contributed by atoms with E-state index >= 15 is 0 Å². The van der Waals surface area contributed by atoms with E-state index in [0.29, 0.717) is 0 Å². The Balaban J connectivity index is 1.99. The van der Waals surface area contributed by atoms with Gasteiger partial charge >= 0.3 is 0 Å². The Morgan fingerprint density at radius 3 is 2.36 bits per heavy atom. The molecule has 2 fully saturated rings. The molecule has 1 unspecified atom stereocenters. The van der Waals surface area contributed by atoms with Crippen LogP contribution in [-0.4, -0.2) is 0 Å². The molecular formula is C11H20. The molecule has 64 valence electrons. The van der Waals surface area contributed by atoms with Crippen LogP contribution in [0.25, 0.3) is 0 Å². The monoisotopic (exact) mass is 152 g/mol. The van der Waals surface area contributed by atoms with Crippen molar-refractivity contribution in [3.05, 3.63) is 0 Å². The van der Waals surface area contributed by atoms with Crippen molar-refractivity contribution in [1.82, 2.24) is 0 Å². The van der Waals surface area contributed by atoms with Gasteiger partial charge in [0.25, 0.3) is 0 Å². The number of rotatable bonds is 0. The van der Waals surface area contributed by atoms with E-state index in [9.17, 15) is 0 Å². The maximum absolute atomic E-state index is 2.47. The second kappa shape index (κ2) is 3.16. The van der Waals surface area contributed by atoms with E-state index in [1.54, 1.807) is 19.3 Å². The Labute approximate surface area is 70.4 Å². The fourth-order valence-corrected chi connectivity index (χ4v) is 3.26. The van der Waals surface area contributed by atoms with Crippen LogP contribution in [0.2, 0.25) is 0 Å². The molecule has 0 heterocycles. The highest BCUT2D eigenvalue weighted by Gasteiger charge is 2.31. The quantitative estimate of drug-likeness (QED) is 0.497. The number of hydrogen-bond acceptors (Lipinski definition) is 0. The van der Waals surface area contributed by atoms with Crippen molar-refractivity contribution in [3.63, 3.8) is 0 Å². The fraction of sp³-hybridized carbons (Fsp3) is 1.00. The summed E-state index contributed by atoms with van der Waals surface area (Å²) in [5.41, 5.74) is 0. The predicted molar refractivity (Wildman–Crippen MR) is 48.5 cm³/mol. The summed E-state index contributed by atoms with van der Waals surface area (Å²) in [6.07, 6.45) is 10.7. The minimum Gasteiger partial charge on any atom is -0.0622 e. The molecule has 2 aliphatic carbocycles. The van der Waals surface area contributed by atoms with Crippen molar-refractivity contribution in [2.24, 2.45) is 17.8 Å². The van der Waals surface area contributed by atoms with E-state index < -0.39 is 0 Å². The molecule has 0 heteroatoms. The molecule has 0 aromatic rings. The Kier molecular flexibility index (Phi) is 2.20. The third-order valence-electron chi connectivity index (χ3n) is 3.93. The van der Waals surface area contributed by atoms with Gasteiger partial charge in [0.15, 0.2) is 0 Å². The van der Waals surface area contributed by atoms with Gasteiger partial charge in [-0.1, -0.05) is 45.4 Å². The van der Waals surface area contributed by atoms with Gasteiger partial charge in [0, 0.05) is 0 Å². The molecule has 2 saturated carbocycles. The summed E-state index contributed by atoms with van der Waals surface area (Å²) in [6.45, 7) is 2.47. The standard InChI is InChI=1S/C11H20/c1-9-5-4-7-10-6-2-3-8-11(9)10/h9-11H,2-8H2,1H3/t9?,10-,11+/m1/s1. The second-order valence-electron chi connectivity index (χ2n) is 4.62. The largest absolute Gasteiger partial charge is 0.0622 e. The first-order valence-corrected chi connectivity index (χ1v) is 5.38. The molecule has 0 bridgehead atoms. The molecular weight excluding hydrogens is 132 g/mol. The van der Waals surface area contributed by atoms with Gasteiger partial charge in [-0.2, -0.15) is 0 Å². The van der Waals surface area contributed by atoms with Gasteiger partial charge in [-0.25, -0.2) is 0 Å². The van der Waals surface area contributed by atoms with Crippen LogP contribution < -0.4 is 0 Å². The molecule has 0 nitrogen and oxygen atoms in total. The Bertz CT molecular complexity index is 126. The summed E-state index contributed by atoms with van der Waals surface area (Å²) < 4.78 is 0. The smallest absolute Gasteiger partial charge is 0.0360 e. The lowest BCUT2D eigenvalue weighted by Gasteiger charge is -2.39. The number of fused-ring (bicyclic) bond motifs is 1. The average Bonchev–Trinajstić information content (AvgIpc) is 2.06. The highest BCUT2D eigenvalue weighted by Crippen LogP contribution is 2.43. The van der Waals surface area contributed by atoms with E-state index in [-0.39, 0.29) is 0 Å². The highest BCUT2D eigenvalue weighted by molar-refractivity contribution is 4.82. The molecule has 11 heavy (non-hydrogen) atoms. The van der Waals surface area contributed by atoms with Gasteiger partial charge in [0.05, 0.1) is 0 Å². The molecule has 0 amide bonds. The third kappa shape index (κ3) is 1.45. The molecule has 0 N–H and O–H groups in total. The maximum Gasteiger partial charge on any atom is -0.0360 e. The fourth-order valence-electron chi connectivity index (χ4n) is 3.26. The van der Waals surface area contributed by atoms with Gasteiger partial charge in [-0.3, -0.25) is 0 Å². The Morgan fingerprint density at radius 2 is 1.55 bits per heavy atom. The van der Waals surface area contributed by atoms with E-state index in [1.807, 2.05) is 0 Å². The van der Waals surface area contributed by atoms with Crippen molar-refractivity contribution in [3.8, 4) is 0 Å². The molecule has 0 radical (unpaired) electrons. The zero-order chi connectivity index (χ0) is 7.68. The summed E-state index contributed by atoms with van der Waals surface area (Å²) >= 11 is 0. The normalized spacial score (nSPS) is 45.0. The van der Waals surface area contributed by atoms with Crippen LogP contribution in [0.15, 0.2) is 0 Å². The van der Waals surface area contributed by atoms with Crippen LogP contribution in [0.5, 0.6) is 0 Å². The van der Waals surface area contributed by atoms with Crippen LogP contribution in [0.1, 0.15) is 51.9 Å². The van der Waals surface area contributed by atoms with Gasteiger partial charge < -0.3 is 0 Å². The van der Waals surface area contributed by atoms with Crippen LogP contribution >= 0.6 is 0 Å². The van der Waals surface area contributed by atoms with Crippen molar-refractivity contribution in [1.29, 1.82) is 0 Å². The molecule has 0 saturated heterocycles. The lowest BCUT2D eigenvalue weighted by Crippen LogP contribution is -2.29. The lowest BCUT2D eigenvalue weighted by atomic mass is 9.66. The zero-order valence-corrected chi connectivity index (χ0v) is 7.68. The second-order valence-corrected chi connectivity index (χ2v) is 4.62. The van der Waals surface area contributed by atoms with Crippen LogP contribution in [-0.2, 0) is 0 Å². The minimum absolute atomic E-state index is 1.05. The Hall–Kier alpha value is 0. The molecule has 0 aliphatic heterocycles. The van der Waals surface area contributed by atoms with Crippen molar-refractivity contribution < 1.29 is 0 Å².